The SMILES string of the molecule is CCCCNC(=O)CSc1nc(N)c(C#N)cc1C#N. The van der Waals surface area contributed by atoms with Gasteiger partial charge in [-0.2, -0.15) is 10.5 Å². The van der Waals surface area contributed by atoms with E-state index in [0.29, 0.717) is 11.6 Å². The summed E-state index contributed by atoms with van der Waals surface area (Å²) in [6, 6.07) is 5.21. The molecule has 0 fully saturated rings. The molecule has 0 atom stereocenters. The fraction of sp³-hybridized carbons (Fsp3) is 0.385. The monoisotopic (exact) mass is 289 g/mol. The summed E-state index contributed by atoms with van der Waals surface area (Å²) in [6.07, 6.45) is 1.95. The van der Waals surface area contributed by atoms with E-state index in [9.17, 15) is 4.79 Å². The van der Waals surface area contributed by atoms with Gasteiger partial charge in [-0.1, -0.05) is 25.1 Å². The molecule has 0 aromatic carbocycles. The number of carbonyl (C=O) groups excluding carboxylic acids is 1. The first kappa shape index (κ1) is 15.8. The normalized spacial score (nSPS) is 9.55. The van der Waals surface area contributed by atoms with Crippen LogP contribution in [0, 0.1) is 22.7 Å². The second-order valence-corrected chi connectivity index (χ2v) is 4.95. The predicted molar refractivity (Wildman–Crippen MR) is 76.7 cm³/mol. The van der Waals surface area contributed by atoms with Crippen molar-refractivity contribution >= 4 is 23.5 Å². The summed E-state index contributed by atoms with van der Waals surface area (Å²) < 4.78 is 0. The lowest BCUT2D eigenvalue weighted by atomic mass is 10.2. The number of nitriles is 2. The second kappa shape index (κ2) is 8.03. The number of unbranched alkanes of at least 4 members (excludes halogenated alkanes) is 1. The largest absolute Gasteiger partial charge is 0.383 e. The Hall–Kier alpha value is -2.25. The minimum atomic E-state index is -0.114. The highest BCUT2D eigenvalue weighted by molar-refractivity contribution is 8.00. The van der Waals surface area contributed by atoms with Crippen LogP contribution in [0.3, 0.4) is 0 Å². The third kappa shape index (κ3) is 4.45. The third-order valence-corrected chi connectivity index (χ3v) is 3.44. The summed E-state index contributed by atoms with van der Waals surface area (Å²) in [5, 5.41) is 21.0. The van der Waals surface area contributed by atoms with E-state index in [1.807, 2.05) is 19.1 Å². The van der Waals surface area contributed by atoms with Gasteiger partial charge in [0.25, 0.3) is 0 Å². The predicted octanol–water partition coefficient (Wildman–Crippen LogP) is 1.42. The first-order valence-corrected chi connectivity index (χ1v) is 7.11. The number of pyridine rings is 1. The minimum absolute atomic E-state index is 0.0698. The molecule has 20 heavy (non-hydrogen) atoms. The standard InChI is InChI=1S/C13H15N5OS/c1-2-3-4-17-11(19)8-20-13-10(7-15)5-9(6-14)12(16)18-13/h5H,2-4,8H2,1H3,(H2,16,18)(H,17,19). The van der Waals surface area contributed by atoms with Crippen molar-refractivity contribution in [1.82, 2.24) is 10.3 Å². The zero-order chi connectivity index (χ0) is 15.0. The first-order valence-electron chi connectivity index (χ1n) is 6.12. The van der Waals surface area contributed by atoms with Crippen molar-refractivity contribution < 1.29 is 4.79 Å². The molecular formula is C13H15N5OS. The number of thioether (sulfide) groups is 1. The molecule has 0 radical (unpaired) electrons. The molecule has 0 saturated carbocycles. The van der Waals surface area contributed by atoms with E-state index in [-0.39, 0.29) is 28.6 Å². The number of nitrogens with two attached hydrogens (primary N) is 1. The highest BCUT2D eigenvalue weighted by Crippen LogP contribution is 2.23. The van der Waals surface area contributed by atoms with Crippen molar-refractivity contribution in [2.75, 3.05) is 18.0 Å². The Kier molecular flexibility index (Phi) is 6.34. The maximum atomic E-state index is 11.6. The molecule has 6 nitrogen and oxygen atoms in total. The van der Waals surface area contributed by atoms with Crippen LogP contribution in [0.2, 0.25) is 0 Å². The minimum Gasteiger partial charge on any atom is -0.383 e. The van der Waals surface area contributed by atoms with Crippen LogP contribution in [0.5, 0.6) is 0 Å². The molecular weight excluding hydrogens is 274 g/mol. The topological polar surface area (TPSA) is 116 Å². The summed E-state index contributed by atoms with van der Waals surface area (Å²) >= 11 is 1.14. The van der Waals surface area contributed by atoms with Crippen LogP contribution in [0.15, 0.2) is 11.1 Å². The second-order valence-electron chi connectivity index (χ2n) is 3.99. The number of carbonyl (C=O) groups is 1. The van der Waals surface area contributed by atoms with Crippen molar-refractivity contribution in [2.45, 2.75) is 24.8 Å². The molecule has 0 aliphatic heterocycles. The van der Waals surface area contributed by atoms with Gasteiger partial charge in [0, 0.05) is 6.54 Å². The lowest BCUT2D eigenvalue weighted by Crippen LogP contribution is -2.26. The molecule has 1 heterocycles. The highest BCUT2D eigenvalue weighted by Gasteiger charge is 2.12. The van der Waals surface area contributed by atoms with Crippen molar-refractivity contribution in [2.24, 2.45) is 0 Å². The third-order valence-electron chi connectivity index (χ3n) is 2.45. The van der Waals surface area contributed by atoms with Gasteiger partial charge in [-0.15, -0.1) is 0 Å². The van der Waals surface area contributed by atoms with Gasteiger partial charge < -0.3 is 11.1 Å². The van der Waals surface area contributed by atoms with Gasteiger partial charge in [0.05, 0.1) is 16.9 Å². The van der Waals surface area contributed by atoms with Gasteiger partial charge in [0.1, 0.15) is 23.0 Å². The van der Waals surface area contributed by atoms with Crippen molar-refractivity contribution in [3.05, 3.63) is 17.2 Å². The number of rotatable bonds is 6. The molecule has 0 unspecified atom stereocenters. The van der Waals surface area contributed by atoms with E-state index in [1.54, 1.807) is 0 Å². The molecule has 0 aliphatic carbocycles. The Morgan fingerprint density at radius 1 is 1.45 bits per heavy atom. The number of amides is 1. The summed E-state index contributed by atoms with van der Waals surface area (Å²) in [7, 11) is 0. The number of anilines is 1. The Bertz CT molecular complexity index is 573. The number of aromatic nitrogens is 1. The number of nitrogen functional groups attached to an aromatic ring is 1. The average molecular weight is 289 g/mol. The van der Waals surface area contributed by atoms with Crippen molar-refractivity contribution in [3.63, 3.8) is 0 Å². The van der Waals surface area contributed by atoms with Crippen LogP contribution in [0.4, 0.5) is 5.82 Å². The Balaban J connectivity index is 2.69. The van der Waals surface area contributed by atoms with E-state index in [4.69, 9.17) is 16.3 Å². The van der Waals surface area contributed by atoms with Gasteiger partial charge in [-0.05, 0) is 12.5 Å². The number of hydrogen-bond donors (Lipinski definition) is 2. The van der Waals surface area contributed by atoms with E-state index >= 15 is 0 Å². The number of nitrogens with one attached hydrogen (secondary N) is 1. The molecule has 1 amide bonds. The molecule has 0 bridgehead atoms. The lowest BCUT2D eigenvalue weighted by molar-refractivity contribution is -0.118. The van der Waals surface area contributed by atoms with E-state index in [2.05, 4.69) is 10.3 Å². The first-order chi connectivity index (χ1) is 9.62. The molecule has 0 aliphatic rings. The maximum absolute atomic E-state index is 11.6. The zero-order valence-corrected chi connectivity index (χ0v) is 12.0. The Labute approximate surface area is 122 Å². The van der Waals surface area contributed by atoms with Crippen LogP contribution in [0.1, 0.15) is 30.9 Å². The Morgan fingerprint density at radius 2 is 2.15 bits per heavy atom. The molecule has 1 rings (SSSR count). The molecule has 0 spiro atoms. The van der Waals surface area contributed by atoms with Crippen LogP contribution >= 0.6 is 11.8 Å². The molecule has 1 aromatic heterocycles. The van der Waals surface area contributed by atoms with Gasteiger partial charge in [0.15, 0.2) is 0 Å². The summed E-state index contributed by atoms with van der Waals surface area (Å²) in [4.78, 5) is 15.6. The highest BCUT2D eigenvalue weighted by atomic mass is 32.2. The van der Waals surface area contributed by atoms with Crippen molar-refractivity contribution in [1.29, 1.82) is 10.5 Å². The average Bonchev–Trinajstić information content (AvgIpc) is 2.45. The molecule has 0 saturated heterocycles. The number of nitrogens with zero attached hydrogens (tertiary/aromatic N) is 3. The quantitative estimate of drug-likeness (QED) is 0.604. The van der Waals surface area contributed by atoms with E-state index in [0.717, 1.165) is 24.6 Å². The Morgan fingerprint density at radius 3 is 2.75 bits per heavy atom. The summed E-state index contributed by atoms with van der Waals surface area (Å²) in [5.41, 5.74) is 6.02. The fourth-order valence-electron chi connectivity index (χ4n) is 1.38. The van der Waals surface area contributed by atoms with Crippen LogP contribution in [0.25, 0.3) is 0 Å². The van der Waals surface area contributed by atoms with Crippen molar-refractivity contribution in [3.8, 4) is 12.1 Å². The van der Waals surface area contributed by atoms with Crippen LogP contribution in [-0.2, 0) is 4.79 Å². The molecule has 3 N–H and O–H groups in total. The molecule has 7 heteroatoms. The summed E-state index contributed by atoms with van der Waals surface area (Å²) in [5.74, 6) is 0.119. The molecule has 1 aromatic rings. The van der Waals surface area contributed by atoms with Gasteiger partial charge in [-0.3, -0.25) is 4.79 Å². The molecule has 104 valence electrons. The van der Waals surface area contributed by atoms with Gasteiger partial charge >= 0.3 is 0 Å². The van der Waals surface area contributed by atoms with Crippen LogP contribution in [-0.4, -0.2) is 23.2 Å². The zero-order valence-electron chi connectivity index (χ0n) is 11.1. The lowest BCUT2D eigenvalue weighted by Gasteiger charge is -2.06. The maximum Gasteiger partial charge on any atom is 0.230 e. The van der Waals surface area contributed by atoms with Gasteiger partial charge in [-0.25, -0.2) is 4.98 Å². The fourth-order valence-corrected chi connectivity index (χ4v) is 2.17. The smallest absolute Gasteiger partial charge is 0.230 e. The number of hydrogen-bond acceptors (Lipinski definition) is 6. The van der Waals surface area contributed by atoms with Crippen LogP contribution < -0.4 is 11.1 Å². The van der Waals surface area contributed by atoms with Gasteiger partial charge in [0.2, 0.25) is 5.91 Å². The summed E-state index contributed by atoms with van der Waals surface area (Å²) in [6.45, 7) is 2.69. The van der Waals surface area contributed by atoms with E-state index in [1.165, 1.54) is 6.07 Å². The van der Waals surface area contributed by atoms with E-state index < -0.39 is 0 Å².